The number of rotatable bonds is 9. The first kappa shape index (κ1) is 25.5. The van der Waals surface area contributed by atoms with Crippen molar-refractivity contribution in [2.75, 3.05) is 0 Å². The number of hydrogen-bond donors (Lipinski definition) is 4. The van der Waals surface area contributed by atoms with Crippen molar-refractivity contribution in [3.05, 3.63) is 0 Å². The standard InChI is InChI=1S/C18H32N2O8/c1-16(2,3)27-14(25)19-18(13(23)24,11-9-7-8-10-12(21)22)20-15(26)28-17(4,5)6/h7-11H2,1-6H3,(H,19,25)(H,20,26)(H,21,22)(H,23,24). The number of aliphatic carboxylic acids is 2. The fourth-order valence-electron chi connectivity index (χ4n) is 2.17. The Morgan fingerprint density at radius 2 is 1.18 bits per heavy atom. The van der Waals surface area contributed by atoms with Crippen LogP contribution in [-0.2, 0) is 19.1 Å². The second-order valence-corrected chi connectivity index (χ2v) is 8.42. The summed E-state index contributed by atoms with van der Waals surface area (Å²) in [6, 6.07) is 0. The van der Waals surface area contributed by atoms with Gasteiger partial charge in [-0.3, -0.25) is 15.4 Å². The van der Waals surface area contributed by atoms with Crippen LogP contribution in [-0.4, -0.2) is 51.2 Å². The van der Waals surface area contributed by atoms with E-state index in [4.69, 9.17) is 14.6 Å². The molecular weight excluding hydrogens is 372 g/mol. The van der Waals surface area contributed by atoms with Crippen LogP contribution in [0.3, 0.4) is 0 Å². The Bertz CT molecular complexity index is 545. The van der Waals surface area contributed by atoms with Gasteiger partial charge in [0.2, 0.25) is 5.66 Å². The lowest BCUT2D eigenvalue weighted by atomic mass is 10.0. The minimum atomic E-state index is -2.16. The van der Waals surface area contributed by atoms with Gasteiger partial charge in [0.15, 0.2) is 0 Å². The minimum absolute atomic E-state index is 0.0565. The quantitative estimate of drug-likeness (QED) is 0.338. The lowest BCUT2D eigenvalue weighted by Crippen LogP contribution is -2.66. The average molecular weight is 404 g/mol. The molecule has 0 heterocycles. The van der Waals surface area contributed by atoms with Crippen molar-refractivity contribution in [3.8, 4) is 0 Å². The number of alkyl carbamates (subject to hydrolysis) is 2. The fraction of sp³-hybridized carbons (Fsp3) is 0.778. The number of carbonyl (C=O) groups is 4. The number of carboxylic acids is 2. The molecule has 10 nitrogen and oxygen atoms in total. The van der Waals surface area contributed by atoms with Gasteiger partial charge in [-0.15, -0.1) is 0 Å². The smallest absolute Gasteiger partial charge is 0.409 e. The van der Waals surface area contributed by atoms with Gasteiger partial charge in [0.25, 0.3) is 0 Å². The van der Waals surface area contributed by atoms with E-state index in [0.29, 0.717) is 12.8 Å². The van der Waals surface area contributed by atoms with E-state index in [-0.39, 0.29) is 19.3 Å². The highest BCUT2D eigenvalue weighted by atomic mass is 16.6. The summed E-state index contributed by atoms with van der Waals surface area (Å²) >= 11 is 0. The number of hydrogen-bond acceptors (Lipinski definition) is 6. The van der Waals surface area contributed by atoms with Crippen LogP contribution in [0.15, 0.2) is 0 Å². The van der Waals surface area contributed by atoms with Crippen LogP contribution in [0, 0.1) is 0 Å². The third kappa shape index (κ3) is 11.2. The van der Waals surface area contributed by atoms with E-state index in [1.807, 2.05) is 0 Å². The van der Waals surface area contributed by atoms with E-state index in [0.717, 1.165) is 0 Å². The SMILES string of the molecule is CC(C)(C)OC(=O)NC(CCCCCC(=O)O)(NC(=O)OC(C)(C)C)C(=O)O. The first-order valence-corrected chi connectivity index (χ1v) is 9.04. The Balaban J connectivity index is 5.35. The highest BCUT2D eigenvalue weighted by Crippen LogP contribution is 2.18. The van der Waals surface area contributed by atoms with E-state index in [9.17, 15) is 24.3 Å². The maximum Gasteiger partial charge on any atom is 0.409 e. The van der Waals surface area contributed by atoms with Gasteiger partial charge in [-0.2, -0.15) is 0 Å². The molecule has 162 valence electrons. The van der Waals surface area contributed by atoms with Crippen LogP contribution in [0.4, 0.5) is 9.59 Å². The molecule has 0 aliphatic rings. The first-order chi connectivity index (χ1) is 12.6. The molecule has 0 fully saturated rings. The highest BCUT2D eigenvalue weighted by molar-refractivity contribution is 5.88. The van der Waals surface area contributed by atoms with Gasteiger partial charge in [0.05, 0.1) is 0 Å². The van der Waals surface area contributed by atoms with Gasteiger partial charge in [-0.1, -0.05) is 6.42 Å². The summed E-state index contributed by atoms with van der Waals surface area (Å²) in [5.74, 6) is -2.45. The van der Waals surface area contributed by atoms with Crippen molar-refractivity contribution in [2.24, 2.45) is 0 Å². The Hall–Kier alpha value is -2.52. The van der Waals surface area contributed by atoms with Crippen molar-refractivity contribution in [1.29, 1.82) is 0 Å². The van der Waals surface area contributed by atoms with E-state index in [1.54, 1.807) is 41.5 Å². The molecule has 0 aromatic rings. The number of carboxylic acid groups (broad SMARTS) is 2. The van der Waals surface area contributed by atoms with Gasteiger partial charge in [0.1, 0.15) is 11.2 Å². The lowest BCUT2D eigenvalue weighted by Gasteiger charge is -2.33. The van der Waals surface area contributed by atoms with E-state index < -0.39 is 41.0 Å². The monoisotopic (exact) mass is 404 g/mol. The van der Waals surface area contributed by atoms with Crippen LogP contribution >= 0.6 is 0 Å². The summed E-state index contributed by atoms with van der Waals surface area (Å²) < 4.78 is 10.2. The summed E-state index contributed by atoms with van der Waals surface area (Å²) in [5, 5.41) is 22.8. The van der Waals surface area contributed by atoms with Crippen molar-refractivity contribution in [1.82, 2.24) is 10.6 Å². The number of nitrogens with one attached hydrogen (secondary N) is 2. The molecule has 0 saturated carbocycles. The zero-order valence-electron chi connectivity index (χ0n) is 17.4. The van der Waals surface area contributed by atoms with Crippen molar-refractivity contribution < 1.29 is 38.9 Å². The Morgan fingerprint density at radius 3 is 1.50 bits per heavy atom. The van der Waals surface area contributed by atoms with Crippen LogP contribution in [0.25, 0.3) is 0 Å². The van der Waals surface area contributed by atoms with Gasteiger partial charge < -0.3 is 19.7 Å². The minimum Gasteiger partial charge on any atom is -0.481 e. The predicted molar refractivity (Wildman–Crippen MR) is 99.8 cm³/mol. The maximum atomic E-state index is 12.2. The van der Waals surface area contributed by atoms with Gasteiger partial charge >= 0.3 is 24.1 Å². The van der Waals surface area contributed by atoms with Crippen molar-refractivity contribution in [3.63, 3.8) is 0 Å². The lowest BCUT2D eigenvalue weighted by molar-refractivity contribution is -0.147. The summed E-state index contributed by atoms with van der Waals surface area (Å²) in [7, 11) is 0. The third-order valence-corrected chi connectivity index (χ3v) is 3.24. The zero-order valence-corrected chi connectivity index (χ0v) is 17.4. The summed E-state index contributed by atoms with van der Waals surface area (Å²) in [6.45, 7) is 9.68. The number of ether oxygens (including phenoxy) is 2. The van der Waals surface area contributed by atoms with Gasteiger partial charge in [0, 0.05) is 12.8 Å². The molecule has 0 bridgehead atoms. The van der Waals surface area contributed by atoms with Crippen LogP contribution < -0.4 is 10.6 Å². The molecule has 0 radical (unpaired) electrons. The molecule has 0 spiro atoms. The Kier molecular flexibility index (Phi) is 9.23. The molecule has 0 aliphatic heterocycles. The highest BCUT2D eigenvalue weighted by Gasteiger charge is 2.43. The molecule has 0 atom stereocenters. The molecule has 0 rings (SSSR count). The second-order valence-electron chi connectivity index (χ2n) is 8.42. The fourth-order valence-corrected chi connectivity index (χ4v) is 2.17. The third-order valence-electron chi connectivity index (χ3n) is 3.24. The molecule has 0 saturated heterocycles. The molecule has 2 amide bonds. The van der Waals surface area contributed by atoms with Crippen molar-refractivity contribution in [2.45, 2.75) is 90.5 Å². The molecule has 0 unspecified atom stereocenters. The molecule has 4 N–H and O–H groups in total. The normalized spacial score (nSPS) is 12.1. The molecule has 0 aromatic carbocycles. The van der Waals surface area contributed by atoms with Crippen LogP contribution in [0.1, 0.15) is 73.6 Å². The van der Waals surface area contributed by atoms with Gasteiger partial charge in [-0.05, 0) is 54.4 Å². The first-order valence-electron chi connectivity index (χ1n) is 9.04. The molecule has 28 heavy (non-hydrogen) atoms. The number of carbonyl (C=O) groups excluding carboxylic acids is 2. The van der Waals surface area contributed by atoms with E-state index in [1.165, 1.54) is 0 Å². The topological polar surface area (TPSA) is 151 Å². The largest absolute Gasteiger partial charge is 0.481 e. The molecule has 0 aliphatic carbocycles. The van der Waals surface area contributed by atoms with Crippen molar-refractivity contribution >= 4 is 24.1 Å². The maximum absolute atomic E-state index is 12.2. The number of unbranched alkanes of at least 4 members (excludes halogenated alkanes) is 2. The summed E-state index contributed by atoms with van der Waals surface area (Å²) in [5.41, 5.74) is -3.91. The Labute approximate surface area is 165 Å². The zero-order chi connectivity index (χ0) is 22.2. The molecular formula is C18H32N2O8. The molecule has 10 heteroatoms. The predicted octanol–water partition coefficient (Wildman–Crippen LogP) is 2.85. The van der Waals surface area contributed by atoms with Gasteiger partial charge in [-0.25, -0.2) is 14.4 Å². The van der Waals surface area contributed by atoms with Crippen LogP contribution in [0.2, 0.25) is 0 Å². The van der Waals surface area contributed by atoms with E-state index >= 15 is 0 Å². The second kappa shape index (κ2) is 10.1. The summed E-state index contributed by atoms with van der Waals surface area (Å²) in [4.78, 5) is 46.9. The van der Waals surface area contributed by atoms with E-state index in [2.05, 4.69) is 10.6 Å². The number of amides is 2. The molecule has 0 aromatic heterocycles. The average Bonchev–Trinajstić information content (AvgIpc) is 2.41. The Morgan fingerprint density at radius 1 is 0.750 bits per heavy atom. The summed E-state index contributed by atoms with van der Waals surface area (Å²) in [6.07, 6.45) is -1.30. The van der Waals surface area contributed by atoms with Crippen LogP contribution in [0.5, 0.6) is 0 Å².